The molecule has 0 unspecified atom stereocenters. The van der Waals surface area contributed by atoms with Crippen LogP contribution in [0.4, 0.5) is 13.2 Å². The lowest BCUT2D eigenvalue weighted by Gasteiger charge is -2.12. The first-order valence-corrected chi connectivity index (χ1v) is 6.56. The van der Waals surface area contributed by atoms with Crippen LogP contribution in [0.3, 0.4) is 0 Å². The van der Waals surface area contributed by atoms with Crippen molar-refractivity contribution < 1.29 is 17.9 Å². The molecule has 0 saturated carbocycles. The van der Waals surface area contributed by atoms with E-state index in [-0.39, 0.29) is 5.75 Å². The number of benzene rings is 1. The molecule has 20 heavy (non-hydrogen) atoms. The normalized spacial score (nSPS) is 11.4. The van der Waals surface area contributed by atoms with Gasteiger partial charge in [-0.05, 0) is 30.3 Å². The van der Waals surface area contributed by atoms with E-state index >= 15 is 0 Å². The topological polar surface area (TPSA) is 22.1 Å². The van der Waals surface area contributed by atoms with Crippen LogP contribution in [0.5, 0.6) is 5.75 Å². The van der Waals surface area contributed by atoms with Gasteiger partial charge in [0.1, 0.15) is 11.6 Å². The molecule has 0 atom stereocenters. The smallest absolute Gasteiger partial charge is 0.278 e. The van der Waals surface area contributed by atoms with Crippen LogP contribution in [0.1, 0.15) is 6.92 Å². The van der Waals surface area contributed by atoms with E-state index in [2.05, 4.69) is 20.9 Å². The summed E-state index contributed by atoms with van der Waals surface area (Å²) in [6.45, 7) is 0.0483. The highest BCUT2D eigenvalue weighted by atomic mass is 79.9. The van der Waals surface area contributed by atoms with Crippen molar-refractivity contribution in [2.75, 3.05) is 6.61 Å². The van der Waals surface area contributed by atoms with Crippen molar-refractivity contribution in [3.8, 4) is 17.0 Å². The predicted molar refractivity (Wildman–Crippen MR) is 73.4 cm³/mol. The molecule has 0 radical (unpaired) electrons. The first-order valence-electron chi connectivity index (χ1n) is 5.77. The Morgan fingerprint density at radius 1 is 1.25 bits per heavy atom. The third-order valence-corrected chi connectivity index (χ3v) is 2.93. The minimum atomic E-state index is -2.91. The quantitative estimate of drug-likeness (QED) is 0.802. The summed E-state index contributed by atoms with van der Waals surface area (Å²) in [6, 6.07) is 7.62. The lowest BCUT2D eigenvalue weighted by Crippen LogP contribution is -2.20. The van der Waals surface area contributed by atoms with E-state index in [0.717, 1.165) is 6.92 Å². The van der Waals surface area contributed by atoms with Crippen molar-refractivity contribution >= 4 is 15.9 Å². The second kappa shape index (κ2) is 5.83. The molecule has 0 amide bonds. The average Bonchev–Trinajstić information content (AvgIpc) is 2.36. The molecule has 1 aromatic heterocycles. The molecular formula is C14H11BrF3NO. The van der Waals surface area contributed by atoms with Crippen LogP contribution >= 0.6 is 15.9 Å². The van der Waals surface area contributed by atoms with Gasteiger partial charge in [-0.3, -0.25) is 4.98 Å². The van der Waals surface area contributed by atoms with E-state index in [1.54, 1.807) is 12.1 Å². The zero-order valence-corrected chi connectivity index (χ0v) is 12.1. The highest BCUT2D eigenvalue weighted by molar-refractivity contribution is 9.10. The lowest BCUT2D eigenvalue weighted by atomic mass is 10.1. The lowest BCUT2D eigenvalue weighted by molar-refractivity contribution is -0.0230. The summed E-state index contributed by atoms with van der Waals surface area (Å²) in [7, 11) is 0. The van der Waals surface area contributed by atoms with Gasteiger partial charge in [0.15, 0.2) is 6.61 Å². The Kier molecular flexibility index (Phi) is 4.32. The Morgan fingerprint density at radius 2 is 2.00 bits per heavy atom. The fourth-order valence-corrected chi connectivity index (χ4v) is 1.87. The molecule has 1 heterocycles. The molecule has 1 aromatic carbocycles. The molecular weight excluding hydrogens is 335 g/mol. The van der Waals surface area contributed by atoms with Crippen LogP contribution in [0.25, 0.3) is 11.3 Å². The summed E-state index contributed by atoms with van der Waals surface area (Å²) >= 11 is 3.17. The zero-order valence-electron chi connectivity index (χ0n) is 10.5. The SMILES string of the molecule is CC(F)(F)COc1ccc(-c2ccc(Br)cc2F)nc1. The summed E-state index contributed by atoms with van der Waals surface area (Å²) in [4.78, 5) is 4.01. The van der Waals surface area contributed by atoms with Crippen LogP contribution in [0, 0.1) is 5.82 Å². The molecule has 0 fully saturated rings. The third-order valence-electron chi connectivity index (χ3n) is 2.44. The van der Waals surface area contributed by atoms with Crippen LogP contribution < -0.4 is 4.74 Å². The molecule has 0 saturated heterocycles. The molecule has 0 spiro atoms. The largest absolute Gasteiger partial charge is 0.486 e. The van der Waals surface area contributed by atoms with E-state index in [4.69, 9.17) is 4.74 Å². The van der Waals surface area contributed by atoms with Crippen LogP contribution in [-0.4, -0.2) is 17.5 Å². The fourth-order valence-electron chi connectivity index (χ4n) is 1.53. The third kappa shape index (κ3) is 3.96. The maximum absolute atomic E-state index is 13.7. The van der Waals surface area contributed by atoms with Crippen molar-refractivity contribution in [3.05, 3.63) is 46.8 Å². The van der Waals surface area contributed by atoms with E-state index in [9.17, 15) is 13.2 Å². The minimum absolute atomic E-state index is 0.216. The first kappa shape index (κ1) is 14.8. The summed E-state index contributed by atoms with van der Waals surface area (Å²) in [5.74, 6) is -3.11. The van der Waals surface area contributed by atoms with Crippen molar-refractivity contribution in [2.24, 2.45) is 0 Å². The monoisotopic (exact) mass is 345 g/mol. The van der Waals surface area contributed by atoms with E-state index < -0.39 is 18.3 Å². The Hall–Kier alpha value is -1.56. The second-order valence-corrected chi connectivity index (χ2v) is 5.28. The summed E-state index contributed by atoms with van der Waals surface area (Å²) in [6.07, 6.45) is 1.29. The van der Waals surface area contributed by atoms with Gasteiger partial charge < -0.3 is 4.74 Å². The molecule has 0 aliphatic heterocycles. The average molecular weight is 346 g/mol. The summed E-state index contributed by atoms with van der Waals surface area (Å²) in [5.41, 5.74) is 0.742. The molecule has 6 heteroatoms. The molecule has 106 valence electrons. The zero-order chi connectivity index (χ0) is 14.8. The van der Waals surface area contributed by atoms with E-state index in [1.807, 2.05) is 0 Å². The molecule has 2 aromatic rings. The van der Waals surface area contributed by atoms with Crippen molar-refractivity contribution in [3.63, 3.8) is 0 Å². The Bertz CT molecular complexity index is 596. The second-order valence-electron chi connectivity index (χ2n) is 4.36. The van der Waals surface area contributed by atoms with Crippen molar-refractivity contribution in [2.45, 2.75) is 12.8 Å². The van der Waals surface area contributed by atoms with Crippen molar-refractivity contribution in [1.29, 1.82) is 0 Å². The van der Waals surface area contributed by atoms with Gasteiger partial charge in [-0.1, -0.05) is 15.9 Å². The van der Waals surface area contributed by atoms with Gasteiger partial charge in [0.2, 0.25) is 0 Å². The highest BCUT2D eigenvalue weighted by Gasteiger charge is 2.22. The number of hydrogen-bond donors (Lipinski definition) is 0. The summed E-state index contributed by atoms with van der Waals surface area (Å²) in [5, 5.41) is 0. The summed E-state index contributed by atoms with van der Waals surface area (Å²) < 4.78 is 44.6. The standard InChI is InChI=1S/C14H11BrF3NO/c1-14(17,18)8-20-10-3-5-13(19-7-10)11-4-2-9(15)6-12(11)16/h2-7H,8H2,1H3. The number of ether oxygens (including phenoxy) is 1. The Balaban J connectivity index is 2.15. The van der Waals surface area contributed by atoms with Gasteiger partial charge in [-0.25, -0.2) is 13.2 Å². The van der Waals surface area contributed by atoms with Crippen molar-refractivity contribution in [1.82, 2.24) is 4.98 Å². The van der Waals surface area contributed by atoms with Crippen LogP contribution in [0.2, 0.25) is 0 Å². The van der Waals surface area contributed by atoms with Gasteiger partial charge in [-0.2, -0.15) is 0 Å². The van der Waals surface area contributed by atoms with E-state index in [0.29, 0.717) is 15.7 Å². The molecule has 2 rings (SSSR count). The molecule has 2 nitrogen and oxygen atoms in total. The number of hydrogen-bond acceptors (Lipinski definition) is 2. The van der Waals surface area contributed by atoms with Gasteiger partial charge in [0.05, 0.1) is 11.9 Å². The highest BCUT2D eigenvalue weighted by Crippen LogP contribution is 2.25. The first-order chi connectivity index (χ1) is 9.35. The van der Waals surface area contributed by atoms with Gasteiger partial charge in [-0.15, -0.1) is 0 Å². The maximum atomic E-state index is 13.7. The number of aromatic nitrogens is 1. The Morgan fingerprint density at radius 3 is 2.55 bits per heavy atom. The van der Waals surface area contributed by atoms with E-state index in [1.165, 1.54) is 24.4 Å². The van der Waals surface area contributed by atoms with Gasteiger partial charge in [0, 0.05) is 17.0 Å². The molecule has 0 bridgehead atoms. The number of nitrogens with zero attached hydrogens (tertiary/aromatic N) is 1. The maximum Gasteiger partial charge on any atom is 0.278 e. The minimum Gasteiger partial charge on any atom is -0.486 e. The molecule has 0 aliphatic rings. The van der Waals surface area contributed by atoms with Gasteiger partial charge in [0.25, 0.3) is 5.92 Å². The Labute approximate surface area is 122 Å². The fraction of sp³-hybridized carbons (Fsp3) is 0.214. The number of halogens is 4. The molecule has 0 aliphatic carbocycles. The number of pyridine rings is 1. The molecule has 0 N–H and O–H groups in total. The van der Waals surface area contributed by atoms with Crippen LogP contribution in [-0.2, 0) is 0 Å². The number of alkyl halides is 2. The van der Waals surface area contributed by atoms with Gasteiger partial charge >= 0.3 is 0 Å². The number of rotatable bonds is 4. The predicted octanol–water partition coefficient (Wildman–Crippen LogP) is 4.68. The van der Waals surface area contributed by atoms with Crippen LogP contribution in [0.15, 0.2) is 41.0 Å².